The van der Waals surface area contributed by atoms with Gasteiger partial charge in [0.2, 0.25) is 11.8 Å². The number of primary amides is 1. The number of carbonyl (C=O) groups excluding carboxylic acids is 2. The van der Waals surface area contributed by atoms with Gasteiger partial charge in [-0.2, -0.15) is 5.10 Å². The second-order valence-corrected chi connectivity index (χ2v) is 7.63. The number of nitrogens with two attached hydrogens (primary N) is 1. The number of benzene rings is 1. The molecule has 0 unspecified atom stereocenters. The number of aromatic nitrogens is 2. The van der Waals surface area contributed by atoms with Gasteiger partial charge in [-0.25, -0.2) is 4.68 Å². The number of hydrogen-bond acceptors (Lipinski definition) is 4. The third kappa shape index (κ3) is 4.42. The molecule has 7 heteroatoms. The van der Waals surface area contributed by atoms with E-state index in [-0.39, 0.29) is 30.3 Å². The summed E-state index contributed by atoms with van der Waals surface area (Å²) in [4.78, 5) is 25.7. The number of amides is 2. The zero-order valence-corrected chi connectivity index (χ0v) is 16.8. The lowest BCUT2D eigenvalue weighted by Crippen LogP contribution is -2.43. The van der Waals surface area contributed by atoms with Crippen LogP contribution in [0, 0.1) is 19.8 Å². The predicted octanol–water partition coefficient (Wildman–Crippen LogP) is 1.86. The summed E-state index contributed by atoms with van der Waals surface area (Å²) >= 11 is 0. The van der Waals surface area contributed by atoms with Crippen molar-refractivity contribution in [1.82, 2.24) is 20.0 Å². The fourth-order valence-corrected chi connectivity index (χ4v) is 3.87. The second kappa shape index (κ2) is 8.56. The summed E-state index contributed by atoms with van der Waals surface area (Å²) < 4.78 is 1.93. The standard InChI is InChI=1S/C21H29N5O2/c1-14-6-4-5-7-19(14)26-16(3)18(12-23-26)15(2)24-21(28)17-8-10-25(11-9-17)13-20(22)27/h4-7,12,15,17H,8-11,13H2,1-3H3,(H2,22,27)(H,24,28)/t15-/m1/s1. The molecule has 0 radical (unpaired) electrons. The molecule has 1 fully saturated rings. The Labute approximate surface area is 165 Å². The van der Waals surface area contributed by atoms with Gasteiger partial charge in [0.25, 0.3) is 0 Å². The van der Waals surface area contributed by atoms with Gasteiger partial charge in [0.15, 0.2) is 0 Å². The number of likely N-dealkylation sites (tertiary alicyclic amines) is 1. The van der Waals surface area contributed by atoms with E-state index in [1.807, 2.05) is 47.8 Å². The van der Waals surface area contributed by atoms with Gasteiger partial charge in [0, 0.05) is 17.2 Å². The van der Waals surface area contributed by atoms with Crippen LogP contribution in [-0.2, 0) is 9.59 Å². The highest BCUT2D eigenvalue weighted by molar-refractivity contribution is 5.79. The zero-order valence-electron chi connectivity index (χ0n) is 16.8. The Bertz CT molecular complexity index is 852. The van der Waals surface area contributed by atoms with E-state index in [9.17, 15) is 9.59 Å². The van der Waals surface area contributed by atoms with Gasteiger partial charge in [-0.15, -0.1) is 0 Å². The lowest BCUT2D eigenvalue weighted by Gasteiger charge is -2.31. The van der Waals surface area contributed by atoms with Crippen molar-refractivity contribution in [2.45, 2.75) is 39.7 Å². The fourth-order valence-electron chi connectivity index (χ4n) is 3.87. The highest BCUT2D eigenvalue weighted by Gasteiger charge is 2.27. The molecule has 2 amide bonds. The number of nitrogens with one attached hydrogen (secondary N) is 1. The molecule has 1 aromatic heterocycles. The van der Waals surface area contributed by atoms with Crippen molar-refractivity contribution in [1.29, 1.82) is 0 Å². The summed E-state index contributed by atoms with van der Waals surface area (Å²) in [6.07, 6.45) is 3.32. The highest BCUT2D eigenvalue weighted by atomic mass is 16.2. The van der Waals surface area contributed by atoms with Crippen LogP contribution in [-0.4, -0.2) is 46.1 Å². The summed E-state index contributed by atoms with van der Waals surface area (Å²) in [5.41, 5.74) is 9.49. The first-order valence-electron chi connectivity index (χ1n) is 9.78. The van der Waals surface area contributed by atoms with Crippen LogP contribution in [0.2, 0.25) is 0 Å². The Morgan fingerprint density at radius 3 is 2.57 bits per heavy atom. The molecule has 1 aliphatic rings. The number of hydrogen-bond donors (Lipinski definition) is 2. The van der Waals surface area contributed by atoms with Crippen LogP contribution in [0.5, 0.6) is 0 Å². The van der Waals surface area contributed by atoms with Gasteiger partial charge in [-0.1, -0.05) is 18.2 Å². The Hall–Kier alpha value is -2.67. The number of piperidine rings is 1. The van der Waals surface area contributed by atoms with E-state index in [4.69, 9.17) is 5.73 Å². The molecule has 0 spiro atoms. The molecule has 150 valence electrons. The topological polar surface area (TPSA) is 93.2 Å². The van der Waals surface area contributed by atoms with Crippen molar-refractivity contribution < 1.29 is 9.59 Å². The molecule has 1 atom stereocenters. The highest BCUT2D eigenvalue weighted by Crippen LogP contribution is 2.23. The van der Waals surface area contributed by atoms with Crippen molar-refractivity contribution in [3.63, 3.8) is 0 Å². The lowest BCUT2D eigenvalue weighted by atomic mass is 9.95. The van der Waals surface area contributed by atoms with Gasteiger partial charge in [-0.3, -0.25) is 14.5 Å². The molecule has 1 aliphatic heterocycles. The second-order valence-electron chi connectivity index (χ2n) is 7.63. The third-order valence-electron chi connectivity index (χ3n) is 5.55. The average molecular weight is 383 g/mol. The molecule has 28 heavy (non-hydrogen) atoms. The molecule has 0 bridgehead atoms. The van der Waals surface area contributed by atoms with Crippen molar-refractivity contribution >= 4 is 11.8 Å². The van der Waals surface area contributed by atoms with Gasteiger partial charge >= 0.3 is 0 Å². The van der Waals surface area contributed by atoms with Crippen LogP contribution >= 0.6 is 0 Å². The molecule has 3 rings (SSSR count). The predicted molar refractivity (Wildman–Crippen MR) is 108 cm³/mol. The first-order valence-corrected chi connectivity index (χ1v) is 9.78. The van der Waals surface area contributed by atoms with E-state index in [0.717, 1.165) is 48.4 Å². The van der Waals surface area contributed by atoms with Crippen molar-refractivity contribution in [2.75, 3.05) is 19.6 Å². The molecule has 1 saturated heterocycles. The van der Waals surface area contributed by atoms with Gasteiger partial charge in [0.1, 0.15) is 0 Å². The number of aryl methyl sites for hydroxylation is 1. The zero-order chi connectivity index (χ0) is 20.3. The molecule has 0 aliphatic carbocycles. The third-order valence-corrected chi connectivity index (χ3v) is 5.55. The Balaban J connectivity index is 1.63. The monoisotopic (exact) mass is 383 g/mol. The lowest BCUT2D eigenvalue weighted by molar-refractivity contribution is -0.127. The number of para-hydroxylation sites is 1. The molecule has 1 aromatic carbocycles. The normalized spacial score (nSPS) is 16.7. The van der Waals surface area contributed by atoms with Crippen molar-refractivity contribution in [2.24, 2.45) is 11.7 Å². The molecule has 2 heterocycles. The number of nitrogens with zero attached hydrogens (tertiary/aromatic N) is 3. The first-order chi connectivity index (χ1) is 13.4. The maximum Gasteiger partial charge on any atom is 0.231 e. The fraction of sp³-hybridized carbons (Fsp3) is 0.476. The van der Waals surface area contributed by atoms with Crippen molar-refractivity contribution in [3.05, 3.63) is 47.3 Å². The van der Waals surface area contributed by atoms with E-state index in [1.165, 1.54) is 0 Å². The smallest absolute Gasteiger partial charge is 0.231 e. The summed E-state index contributed by atoms with van der Waals surface area (Å²) in [5.74, 6) is -0.287. The minimum atomic E-state index is -0.322. The maximum absolute atomic E-state index is 12.7. The van der Waals surface area contributed by atoms with Crippen LogP contribution in [0.25, 0.3) is 5.69 Å². The summed E-state index contributed by atoms with van der Waals surface area (Å²) in [5, 5.41) is 7.68. The maximum atomic E-state index is 12.7. The molecular weight excluding hydrogens is 354 g/mol. The van der Waals surface area contributed by atoms with Crippen LogP contribution < -0.4 is 11.1 Å². The Morgan fingerprint density at radius 2 is 1.93 bits per heavy atom. The molecule has 0 saturated carbocycles. The van der Waals surface area contributed by atoms with Crippen LogP contribution in [0.4, 0.5) is 0 Å². The van der Waals surface area contributed by atoms with Crippen LogP contribution in [0.3, 0.4) is 0 Å². The van der Waals surface area contributed by atoms with E-state index in [0.29, 0.717) is 0 Å². The first kappa shape index (κ1) is 20.1. The average Bonchev–Trinajstić information content (AvgIpc) is 3.03. The van der Waals surface area contributed by atoms with Gasteiger partial charge < -0.3 is 11.1 Å². The van der Waals surface area contributed by atoms with E-state index >= 15 is 0 Å². The number of carbonyl (C=O) groups is 2. The Morgan fingerprint density at radius 1 is 1.25 bits per heavy atom. The van der Waals surface area contributed by atoms with Crippen LogP contribution in [0.15, 0.2) is 30.5 Å². The SMILES string of the molecule is Cc1ccccc1-n1ncc([C@@H](C)NC(=O)C2CCN(CC(N)=O)CC2)c1C. The number of rotatable bonds is 6. The molecule has 7 nitrogen and oxygen atoms in total. The van der Waals surface area contributed by atoms with Crippen LogP contribution in [0.1, 0.15) is 42.6 Å². The largest absolute Gasteiger partial charge is 0.369 e. The minimum absolute atomic E-state index is 0.0294. The van der Waals surface area contributed by atoms with E-state index in [1.54, 1.807) is 0 Å². The quantitative estimate of drug-likeness (QED) is 0.796. The Kier molecular flexibility index (Phi) is 6.14. The molecule has 2 aromatic rings. The summed E-state index contributed by atoms with van der Waals surface area (Å²) in [6.45, 7) is 7.79. The van der Waals surface area contributed by atoms with E-state index < -0.39 is 0 Å². The van der Waals surface area contributed by atoms with E-state index in [2.05, 4.69) is 23.4 Å². The molecule has 3 N–H and O–H groups in total. The minimum Gasteiger partial charge on any atom is -0.369 e. The summed E-state index contributed by atoms with van der Waals surface area (Å²) in [7, 11) is 0. The van der Waals surface area contributed by atoms with Gasteiger partial charge in [-0.05, 0) is 58.3 Å². The summed E-state index contributed by atoms with van der Waals surface area (Å²) in [6, 6.07) is 8.00. The van der Waals surface area contributed by atoms with Crippen molar-refractivity contribution in [3.8, 4) is 5.69 Å². The molecular formula is C21H29N5O2. The van der Waals surface area contributed by atoms with Gasteiger partial charge in [0.05, 0.1) is 24.5 Å².